The Hall–Kier alpha value is -0.800. The summed E-state index contributed by atoms with van der Waals surface area (Å²) < 4.78 is 13.6. The van der Waals surface area contributed by atoms with Crippen LogP contribution in [0.3, 0.4) is 0 Å². The first-order valence-corrected chi connectivity index (χ1v) is 7.35. The zero-order valence-corrected chi connectivity index (χ0v) is 12.5. The number of rotatable bonds is 3. The molecule has 0 aromatic heterocycles. The molecule has 1 saturated heterocycles. The van der Waals surface area contributed by atoms with Gasteiger partial charge >= 0.3 is 0 Å². The van der Waals surface area contributed by atoms with Gasteiger partial charge in [0.05, 0.1) is 0 Å². The van der Waals surface area contributed by atoms with E-state index in [9.17, 15) is 4.39 Å². The Labute approximate surface area is 119 Å². The Morgan fingerprint density at radius 2 is 2.16 bits per heavy atom. The number of hydrogen-bond acceptors (Lipinski definition) is 2. The molecule has 0 aliphatic carbocycles. The zero-order chi connectivity index (χ0) is 14.0. The lowest BCUT2D eigenvalue weighted by Crippen LogP contribution is -2.58. The van der Waals surface area contributed by atoms with E-state index in [0.717, 1.165) is 25.2 Å². The Morgan fingerprint density at radius 3 is 2.74 bits per heavy atom. The predicted octanol–water partition coefficient (Wildman–Crippen LogP) is 3.69. The van der Waals surface area contributed by atoms with Gasteiger partial charge in [-0.2, -0.15) is 0 Å². The van der Waals surface area contributed by atoms with Crippen LogP contribution in [0.1, 0.15) is 27.2 Å². The molecule has 4 heteroatoms. The molecule has 1 aromatic carbocycles. The second-order valence-electron chi connectivity index (χ2n) is 5.60. The first-order valence-electron chi connectivity index (χ1n) is 6.97. The van der Waals surface area contributed by atoms with Crippen LogP contribution < -0.4 is 10.2 Å². The Bertz CT molecular complexity index is 416. The summed E-state index contributed by atoms with van der Waals surface area (Å²) >= 11 is 5.98. The van der Waals surface area contributed by atoms with Crippen molar-refractivity contribution < 1.29 is 4.39 Å². The highest BCUT2D eigenvalue weighted by molar-refractivity contribution is 6.30. The lowest BCUT2D eigenvalue weighted by Gasteiger charge is -2.44. The maximum Gasteiger partial charge on any atom is 0.126 e. The van der Waals surface area contributed by atoms with E-state index in [1.54, 1.807) is 6.07 Å². The van der Waals surface area contributed by atoms with Gasteiger partial charge in [-0.05, 0) is 30.5 Å². The van der Waals surface area contributed by atoms with Crippen LogP contribution in [0.5, 0.6) is 0 Å². The quantitative estimate of drug-likeness (QED) is 0.911. The van der Waals surface area contributed by atoms with Gasteiger partial charge in [0.2, 0.25) is 0 Å². The smallest absolute Gasteiger partial charge is 0.126 e. The molecular weight excluding hydrogens is 263 g/mol. The monoisotopic (exact) mass is 284 g/mol. The maximum atomic E-state index is 13.6. The standard InChI is InChI=1S/C15H22ClFN2/c1-4-13-9-19(15(8-18-13)10(2)3)14-6-11(16)5-12(17)7-14/h5-7,10,13,15,18H,4,8-9H2,1-3H3. The lowest BCUT2D eigenvalue weighted by atomic mass is 9.97. The Morgan fingerprint density at radius 1 is 1.42 bits per heavy atom. The average molecular weight is 285 g/mol. The van der Waals surface area contributed by atoms with Crippen LogP contribution in [0.4, 0.5) is 10.1 Å². The molecule has 1 N–H and O–H groups in total. The van der Waals surface area contributed by atoms with E-state index >= 15 is 0 Å². The molecular formula is C15H22ClFN2. The van der Waals surface area contributed by atoms with Crippen LogP contribution in [0.25, 0.3) is 0 Å². The molecule has 0 saturated carbocycles. The van der Waals surface area contributed by atoms with Crippen molar-refractivity contribution in [1.29, 1.82) is 0 Å². The number of piperazine rings is 1. The van der Waals surface area contributed by atoms with E-state index in [-0.39, 0.29) is 5.82 Å². The molecule has 1 fully saturated rings. The van der Waals surface area contributed by atoms with Crippen LogP contribution in [-0.4, -0.2) is 25.2 Å². The Kier molecular flexibility index (Phi) is 4.69. The summed E-state index contributed by atoms with van der Waals surface area (Å²) in [5.41, 5.74) is 0.892. The third kappa shape index (κ3) is 3.40. The molecule has 2 nitrogen and oxygen atoms in total. The van der Waals surface area contributed by atoms with Gasteiger partial charge < -0.3 is 10.2 Å². The van der Waals surface area contributed by atoms with E-state index in [4.69, 9.17) is 11.6 Å². The van der Waals surface area contributed by atoms with Gasteiger partial charge in [-0.25, -0.2) is 4.39 Å². The molecule has 1 aliphatic heterocycles. The van der Waals surface area contributed by atoms with Gasteiger partial charge in [-0.15, -0.1) is 0 Å². The molecule has 0 radical (unpaired) electrons. The highest BCUT2D eigenvalue weighted by atomic mass is 35.5. The molecule has 0 bridgehead atoms. The molecule has 1 aromatic rings. The molecule has 0 spiro atoms. The highest BCUT2D eigenvalue weighted by Gasteiger charge is 2.29. The number of anilines is 1. The maximum absolute atomic E-state index is 13.6. The van der Waals surface area contributed by atoms with Crippen molar-refractivity contribution in [2.75, 3.05) is 18.0 Å². The van der Waals surface area contributed by atoms with Gasteiger partial charge in [-0.3, -0.25) is 0 Å². The molecule has 2 rings (SSSR count). The largest absolute Gasteiger partial charge is 0.365 e. The Balaban J connectivity index is 2.30. The lowest BCUT2D eigenvalue weighted by molar-refractivity contribution is 0.333. The molecule has 2 atom stereocenters. The second kappa shape index (κ2) is 6.10. The second-order valence-corrected chi connectivity index (χ2v) is 6.04. The van der Waals surface area contributed by atoms with E-state index in [2.05, 4.69) is 31.0 Å². The van der Waals surface area contributed by atoms with Crippen molar-refractivity contribution in [3.63, 3.8) is 0 Å². The van der Waals surface area contributed by atoms with Crippen molar-refractivity contribution in [2.45, 2.75) is 39.3 Å². The summed E-state index contributed by atoms with van der Waals surface area (Å²) in [5, 5.41) is 4.02. The van der Waals surface area contributed by atoms with E-state index in [0.29, 0.717) is 23.0 Å². The predicted molar refractivity (Wildman–Crippen MR) is 79.5 cm³/mol. The molecule has 106 valence electrons. The van der Waals surface area contributed by atoms with Gasteiger partial charge in [0.25, 0.3) is 0 Å². The first kappa shape index (κ1) is 14.6. The van der Waals surface area contributed by atoms with Crippen molar-refractivity contribution in [1.82, 2.24) is 5.32 Å². The van der Waals surface area contributed by atoms with Crippen LogP contribution in [0, 0.1) is 11.7 Å². The van der Waals surface area contributed by atoms with E-state index < -0.39 is 0 Å². The summed E-state index contributed by atoms with van der Waals surface area (Å²) in [4.78, 5) is 2.30. The molecule has 2 unspecified atom stereocenters. The van der Waals surface area contributed by atoms with E-state index in [1.807, 2.05) is 6.07 Å². The number of benzene rings is 1. The highest BCUT2D eigenvalue weighted by Crippen LogP contribution is 2.27. The minimum absolute atomic E-state index is 0.267. The van der Waals surface area contributed by atoms with Gasteiger partial charge in [0.15, 0.2) is 0 Å². The minimum Gasteiger partial charge on any atom is -0.365 e. The fraction of sp³-hybridized carbons (Fsp3) is 0.600. The third-order valence-electron chi connectivity index (χ3n) is 3.87. The fourth-order valence-electron chi connectivity index (χ4n) is 2.71. The van der Waals surface area contributed by atoms with Crippen LogP contribution >= 0.6 is 11.6 Å². The van der Waals surface area contributed by atoms with Crippen molar-refractivity contribution >= 4 is 17.3 Å². The summed E-state index contributed by atoms with van der Waals surface area (Å²) in [6, 6.07) is 5.63. The molecule has 1 aliphatic rings. The fourth-order valence-corrected chi connectivity index (χ4v) is 2.92. The van der Waals surface area contributed by atoms with Crippen molar-refractivity contribution in [3.05, 3.63) is 29.0 Å². The van der Waals surface area contributed by atoms with Crippen molar-refractivity contribution in [2.24, 2.45) is 5.92 Å². The van der Waals surface area contributed by atoms with Gasteiger partial charge in [0.1, 0.15) is 5.82 Å². The van der Waals surface area contributed by atoms with Crippen LogP contribution in [0.2, 0.25) is 5.02 Å². The third-order valence-corrected chi connectivity index (χ3v) is 4.09. The summed E-state index contributed by atoms with van der Waals surface area (Å²) in [6.45, 7) is 8.41. The van der Waals surface area contributed by atoms with Crippen LogP contribution in [-0.2, 0) is 0 Å². The number of hydrogen-bond donors (Lipinski definition) is 1. The SMILES string of the molecule is CCC1CN(c2cc(F)cc(Cl)c2)C(C(C)C)CN1. The van der Waals surface area contributed by atoms with Crippen molar-refractivity contribution in [3.8, 4) is 0 Å². The normalized spacial score (nSPS) is 24.0. The van der Waals surface area contributed by atoms with Crippen LogP contribution in [0.15, 0.2) is 18.2 Å². The number of nitrogens with one attached hydrogen (secondary N) is 1. The number of halogens is 2. The molecule has 19 heavy (non-hydrogen) atoms. The summed E-state index contributed by atoms with van der Waals surface area (Å²) in [5.74, 6) is 0.240. The number of nitrogens with zero attached hydrogens (tertiary/aromatic N) is 1. The van der Waals surface area contributed by atoms with Gasteiger partial charge in [-0.1, -0.05) is 32.4 Å². The first-order chi connectivity index (χ1) is 9.01. The zero-order valence-electron chi connectivity index (χ0n) is 11.8. The summed E-state index contributed by atoms with van der Waals surface area (Å²) in [7, 11) is 0. The topological polar surface area (TPSA) is 15.3 Å². The van der Waals surface area contributed by atoms with Gasteiger partial charge in [0, 0.05) is 35.9 Å². The van der Waals surface area contributed by atoms with E-state index in [1.165, 1.54) is 6.07 Å². The summed E-state index contributed by atoms with van der Waals surface area (Å²) in [6.07, 6.45) is 1.07. The molecule has 1 heterocycles. The minimum atomic E-state index is -0.267. The molecule has 0 amide bonds. The average Bonchev–Trinajstić information content (AvgIpc) is 2.36.